The number of rotatable bonds is 7. The van der Waals surface area contributed by atoms with E-state index in [0.717, 1.165) is 12.1 Å². The van der Waals surface area contributed by atoms with Crippen molar-refractivity contribution in [2.75, 3.05) is 0 Å². The second-order valence-corrected chi connectivity index (χ2v) is 10.7. The maximum absolute atomic E-state index is 13.5. The fourth-order valence-corrected chi connectivity index (χ4v) is 4.93. The molecule has 2 atom stereocenters. The number of hydrogen-bond donors (Lipinski definition) is 6. The number of aromatic nitrogens is 2. The second-order valence-electron chi connectivity index (χ2n) is 9.08. The summed E-state index contributed by atoms with van der Waals surface area (Å²) >= 11 is 0. The SMILES string of the molecule is O=C(NC(C(=O)NC1Cc2cccc(C(=O)O)c2OB1O)c1ccc(P(=O)(O)O)cc1)c1cnc2cccn2c1. The number of benzene rings is 2. The summed E-state index contributed by atoms with van der Waals surface area (Å²) in [6, 6.07) is 11.5. The Morgan fingerprint density at radius 1 is 1.10 bits per heavy atom. The summed E-state index contributed by atoms with van der Waals surface area (Å²) in [6.07, 6.45) is 4.60. The zero-order valence-electron chi connectivity index (χ0n) is 20.5. The maximum atomic E-state index is 13.5. The Hall–Kier alpha value is -4.49. The number of carboxylic acid groups (broad SMARTS) is 1. The lowest BCUT2D eigenvalue weighted by atomic mass is 9.72. The summed E-state index contributed by atoms with van der Waals surface area (Å²) in [4.78, 5) is 61.3. The quantitative estimate of drug-likeness (QED) is 0.135. The molecule has 4 aromatic rings. The van der Waals surface area contributed by atoms with Gasteiger partial charge in [-0.15, -0.1) is 0 Å². The average Bonchev–Trinajstić information content (AvgIpc) is 3.39. The first-order valence-electron chi connectivity index (χ1n) is 11.9. The minimum absolute atomic E-state index is 0.00113. The van der Waals surface area contributed by atoms with Crippen molar-refractivity contribution >= 4 is 43.4 Å². The van der Waals surface area contributed by atoms with E-state index in [9.17, 15) is 38.9 Å². The van der Waals surface area contributed by atoms with Gasteiger partial charge in [-0.1, -0.05) is 24.3 Å². The second kappa shape index (κ2) is 10.6. The lowest BCUT2D eigenvalue weighted by Crippen LogP contribution is -2.55. The molecule has 0 bridgehead atoms. The maximum Gasteiger partial charge on any atom is 0.547 e. The van der Waals surface area contributed by atoms with Gasteiger partial charge in [-0.2, -0.15) is 0 Å². The molecule has 2 aromatic heterocycles. The largest absolute Gasteiger partial charge is 0.547 e. The first-order chi connectivity index (χ1) is 19.0. The number of nitrogens with zero attached hydrogens (tertiary/aromatic N) is 2. The Morgan fingerprint density at radius 2 is 1.85 bits per heavy atom. The molecule has 0 saturated carbocycles. The highest BCUT2D eigenvalue weighted by Gasteiger charge is 2.39. The summed E-state index contributed by atoms with van der Waals surface area (Å²) < 4.78 is 18.7. The van der Waals surface area contributed by atoms with E-state index >= 15 is 0 Å². The Morgan fingerprint density at radius 3 is 2.55 bits per heavy atom. The molecule has 40 heavy (non-hydrogen) atoms. The van der Waals surface area contributed by atoms with Crippen molar-refractivity contribution in [2.45, 2.75) is 18.4 Å². The van der Waals surface area contributed by atoms with Crippen molar-refractivity contribution in [1.82, 2.24) is 20.0 Å². The fourth-order valence-electron chi connectivity index (χ4n) is 4.40. The van der Waals surface area contributed by atoms with Gasteiger partial charge < -0.3 is 39.6 Å². The molecule has 2 unspecified atom stereocenters. The monoisotopic (exact) mass is 564 g/mol. The van der Waals surface area contributed by atoms with Crippen molar-refractivity contribution in [2.24, 2.45) is 0 Å². The van der Waals surface area contributed by atoms with Gasteiger partial charge in [0.1, 0.15) is 17.4 Å². The van der Waals surface area contributed by atoms with E-state index in [1.165, 1.54) is 36.7 Å². The van der Waals surface area contributed by atoms with Crippen LogP contribution in [0.15, 0.2) is 73.2 Å². The molecule has 6 N–H and O–H groups in total. The highest BCUT2D eigenvalue weighted by molar-refractivity contribution is 7.60. The molecule has 5 rings (SSSR count). The minimum Gasteiger partial charge on any atom is -0.534 e. The van der Waals surface area contributed by atoms with Crippen LogP contribution < -0.4 is 20.6 Å². The number of hydrogen-bond acceptors (Lipinski definition) is 7. The number of carboxylic acids is 1. The molecule has 13 nitrogen and oxygen atoms in total. The molecular weight excluding hydrogens is 542 g/mol. The van der Waals surface area contributed by atoms with Crippen molar-refractivity contribution in [3.05, 3.63) is 95.4 Å². The Labute approximate surface area is 226 Å². The Bertz CT molecular complexity index is 1670. The lowest BCUT2D eigenvalue weighted by Gasteiger charge is -2.30. The van der Waals surface area contributed by atoms with E-state index < -0.39 is 44.5 Å². The molecule has 0 saturated heterocycles. The van der Waals surface area contributed by atoms with Gasteiger partial charge in [0.25, 0.3) is 5.91 Å². The summed E-state index contributed by atoms with van der Waals surface area (Å²) in [7, 11) is -6.15. The smallest absolute Gasteiger partial charge is 0.534 e. The summed E-state index contributed by atoms with van der Waals surface area (Å²) in [5, 5.41) is 25.0. The molecule has 3 heterocycles. The van der Waals surface area contributed by atoms with Crippen molar-refractivity contribution in [3.63, 3.8) is 0 Å². The van der Waals surface area contributed by atoms with Gasteiger partial charge in [-0.05, 0) is 47.9 Å². The van der Waals surface area contributed by atoms with E-state index in [-0.39, 0.29) is 34.2 Å². The molecule has 2 amide bonds. The number of nitrogens with one attached hydrogen (secondary N) is 2. The molecule has 1 aliphatic heterocycles. The molecule has 0 aliphatic carbocycles. The third kappa shape index (κ3) is 5.47. The zero-order valence-corrected chi connectivity index (χ0v) is 21.4. The summed E-state index contributed by atoms with van der Waals surface area (Å²) in [5.41, 5.74) is 1.27. The van der Waals surface area contributed by atoms with Crippen LogP contribution in [0, 0.1) is 0 Å². The van der Waals surface area contributed by atoms with E-state index in [4.69, 9.17) is 4.65 Å². The van der Waals surface area contributed by atoms with E-state index in [1.54, 1.807) is 28.8 Å². The van der Waals surface area contributed by atoms with Gasteiger partial charge in [-0.3, -0.25) is 14.2 Å². The molecule has 2 aromatic carbocycles. The van der Waals surface area contributed by atoms with Gasteiger partial charge in [-0.25, -0.2) is 9.78 Å². The third-order valence-electron chi connectivity index (χ3n) is 6.41. The van der Waals surface area contributed by atoms with Crippen LogP contribution in [-0.4, -0.2) is 60.1 Å². The molecule has 0 radical (unpaired) electrons. The van der Waals surface area contributed by atoms with Crippen molar-refractivity contribution in [3.8, 4) is 5.75 Å². The van der Waals surface area contributed by atoms with Gasteiger partial charge in [0.2, 0.25) is 5.91 Å². The molecule has 0 fully saturated rings. The number of fused-ring (bicyclic) bond motifs is 2. The van der Waals surface area contributed by atoms with Gasteiger partial charge in [0.05, 0.1) is 22.4 Å². The van der Waals surface area contributed by atoms with Crippen molar-refractivity contribution < 1.29 is 43.5 Å². The van der Waals surface area contributed by atoms with Gasteiger partial charge in [0, 0.05) is 18.6 Å². The van der Waals surface area contributed by atoms with E-state index in [2.05, 4.69) is 15.6 Å². The van der Waals surface area contributed by atoms with Crippen LogP contribution in [0.5, 0.6) is 5.75 Å². The molecule has 15 heteroatoms. The van der Waals surface area contributed by atoms with Crippen LogP contribution in [0.3, 0.4) is 0 Å². The number of amides is 2. The molecule has 0 spiro atoms. The van der Waals surface area contributed by atoms with Crippen LogP contribution in [0.2, 0.25) is 0 Å². The Balaban J connectivity index is 1.42. The number of carbonyl (C=O) groups excluding carboxylic acids is 2. The molecule has 204 valence electrons. The van der Waals surface area contributed by atoms with Crippen LogP contribution >= 0.6 is 7.60 Å². The van der Waals surface area contributed by atoms with Gasteiger partial charge >= 0.3 is 20.7 Å². The minimum atomic E-state index is -4.55. The van der Waals surface area contributed by atoms with Crippen LogP contribution in [0.4, 0.5) is 0 Å². The normalized spacial score (nSPS) is 15.6. The van der Waals surface area contributed by atoms with Gasteiger partial charge in [0.15, 0.2) is 0 Å². The molecule has 1 aliphatic rings. The number of carbonyl (C=O) groups is 3. The topological polar surface area (TPSA) is 200 Å². The summed E-state index contributed by atoms with van der Waals surface area (Å²) in [5.74, 6) is -3.65. The van der Waals surface area contributed by atoms with Crippen LogP contribution in [-0.2, 0) is 15.8 Å². The fraction of sp³-hybridized carbons (Fsp3) is 0.120. The first-order valence-corrected chi connectivity index (χ1v) is 13.5. The van der Waals surface area contributed by atoms with Crippen LogP contribution in [0.25, 0.3) is 5.65 Å². The standard InChI is InChI=1S/C25H22BN4O9P/c31-23(16-12-27-20-5-2-10-30(20)13-16)29-21(14-6-8-17(9-7-14)40(36,37)38)24(32)28-19-11-15-3-1-4-18(25(33)34)22(15)39-26(19)35/h1-10,12-13,19,21,35H,11H2,(H,28,32)(H,29,31)(H,33,34)(H2,36,37,38). The zero-order chi connectivity index (χ0) is 28.6. The predicted octanol–water partition coefficient (Wildman–Crippen LogP) is 0.446. The molecular formula is C25H22BN4O9P. The lowest BCUT2D eigenvalue weighted by molar-refractivity contribution is -0.123. The Kier molecular flexibility index (Phi) is 7.17. The number of aromatic carboxylic acids is 1. The van der Waals surface area contributed by atoms with E-state index in [0.29, 0.717) is 11.2 Å². The first kappa shape index (κ1) is 27.1. The van der Waals surface area contributed by atoms with Crippen LogP contribution in [0.1, 0.15) is 37.9 Å². The average molecular weight is 564 g/mol. The summed E-state index contributed by atoms with van der Waals surface area (Å²) in [6.45, 7) is 0. The predicted molar refractivity (Wildman–Crippen MR) is 141 cm³/mol. The highest BCUT2D eigenvalue weighted by Crippen LogP contribution is 2.33. The van der Waals surface area contributed by atoms with Crippen molar-refractivity contribution in [1.29, 1.82) is 0 Å². The van der Waals surface area contributed by atoms with E-state index in [1.807, 2.05) is 0 Å². The third-order valence-corrected chi connectivity index (χ3v) is 7.38. The number of para-hydroxylation sites is 1. The highest BCUT2D eigenvalue weighted by atomic mass is 31.2.